The molecule has 0 saturated carbocycles. The number of aliphatic hydroxyl groups excluding tert-OH is 1. The Labute approximate surface area is 112 Å². The summed E-state index contributed by atoms with van der Waals surface area (Å²) < 4.78 is 5.41. The number of nitrogens with zero attached hydrogens (tertiary/aromatic N) is 1. The van der Waals surface area contributed by atoms with Crippen molar-refractivity contribution in [2.45, 2.75) is 64.3 Å². The van der Waals surface area contributed by atoms with Crippen LogP contribution in [0.25, 0.3) is 0 Å². The predicted molar refractivity (Wildman–Crippen MR) is 74.8 cm³/mol. The van der Waals surface area contributed by atoms with E-state index in [4.69, 9.17) is 4.74 Å². The smallest absolute Gasteiger partial charge is 0.0710 e. The number of aliphatic hydroxyl groups is 1. The highest BCUT2D eigenvalue weighted by atomic mass is 16.5. The average molecular weight is 258 g/mol. The van der Waals surface area contributed by atoms with Crippen LogP contribution in [0.1, 0.15) is 40.5 Å². The molecule has 0 amide bonds. The summed E-state index contributed by atoms with van der Waals surface area (Å²) >= 11 is 0. The van der Waals surface area contributed by atoms with Crippen molar-refractivity contribution in [2.24, 2.45) is 0 Å². The maximum Gasteiger partial charge on any atom is 0.0710 e. The van der Waals surface area contributed by atoms with Gasteiger partial charge in [-0.15, -0.1) is 0 Å². The fourth-order valence-electron chi connectivity index (χ4n) is 2.99. The van der Waals surface area contributed by atoms with Gasteiger partial charge in [-0.3, -0.25) is 4.90 Å². The molecule has 4 heteroatoms. The van der Waals surface area contributed by atoms with Crippen molar-refractivity contribution in [3.8, 4) is 0 Å². The number of rotatable bonds is 7. The molecule has 1 heterocycles. The molecule has 108 valence electrons. The molecule has 4 nitrogen and oxygen atoms in total. The summed E-state index contributed by atoms with van der Waals surface area (Å²) in [6.07, 6.45) is 2.46. The van der Waals surface area contributed by atoms with Crippen LogP contribution >= 0.6 is 0 Å². The molecule has 1 aliphatic rings. The first-order chi connectivity index (χ1) is 8.40. The van der Waals surface area contributed by atoms with Crippen molar-refractivity contribution in [3.05, 3.63) is 0 Å². The maximum absolute atomic E-state index is 9.62. The van der Waals surface area contributed by atoms with Gasteiger partial charge in [0.1, 0.15) is 0 Å². The Balaban J connectivity index is 2.49. The normalized spacial score (nSPS) is 26.5. The highest BCUT2D eigenvalue weighted by Gasteiger charge is 2.32. The van der Waals surface area contributed by atoms with Gasteiger partial charge in [-0.1, -0.05) is 13.8 Å². The summed E-state index contributed by atoms with van der Waals surface area (Å²) in [7, 11) is 1.79. The lowest BCUT2D eigenvalue weighted by Gasteiger charge is -2.36. The number of likely N-dealkylation sites (tertiary alicyclic amines) is 1. The second kappa shape index (κ2) is 6.85. The Morgan fingerprint density at radius 1 is 1.44 bits per heavy atom. The van der Waals surface area contributed by atoms with Crippen molar-refractivity contribution in [1.82, 2.24) is 10.2 Å². The zero-order chi connectivity index (χ0) is 13.8. The van der Waals surface area contributed by atoms with Crippen LogP contribution in [0.5, 0.6) is 0 Å². The monoisotopic (exact) mass is 258 g/mol. The van der Waals surface area contributed by atoms with Crippen LogP contribution in [0.4, 0.5) is 0 Å². The second-order valence-corrected chi connectivity index (χ2v) is 6.21. The minimum absolute atomic E-state index is 0.178. The summed E-state index contributed by atoms with van der Waals surface area (Å²) in [6, 6.07) is 0.855. The average Bonchev–Trinajstić information content (AvgIpc) is 2.76. The van der Waals surface area contributed by atoms with Crippen molar-refractivity contribution >= 4 is 0 Å². The van der Waals surface area contributed by atoms with Crippen LogP contribution in [-0.4, -0.2) is 60.5 Å². The summed E-state index contributed by atoms with van der Waals surface area (Å²) in [5.41, 5.74) is -0.196. The van der Waals surface area contributed by atoms with Gasteiger partial charge in [0.05, 0.1) is 12.7 Å². The van der Waals surface area contributed by atoms with Gasteiger partial charge in [-0.25, -0.2) is 0 Å². The lowest BCUT2D eigenvalue weighted by molar-refractivity contribution is 0.0881. The van der Waals surface area contributed by atoms with Gasteiger partial charge in [0, 0.05) is 37.8 Å². The third kappa shape index (κ3) is 4.50. The summed E-state index contributed by atoms with van der Waals surface area (Å²) in [4.78, 5) is 2.46. The molecule has 0 aromatic heterocycles. The Kier molecular flexibility index (Phi) is 6.05. The second-order valence-electron chi connectivity index (χ2n) is 6.21. The molecule has 3 atom stereocenters. The number of methoxy groups -OCH3 is 1. The Bertz CT molecular complexity index is 248. The first-order valence-electron chi connectivity index (χ1n) is 7.05. The molecule has 0 bridgehead atoms. The van der Waals surface area contributed by atoms with Crippen LogP contribution < -0.4 is 5.32 Å². The third-order valence-electron chi connectivity index (χ3n) is 3.87. The summed E-state index contributed by atoms with van der Waals surface area (Å²) in [6.45, 7) is 10.9. The number of nitrogens with one attached hydrogen (secondary N) is 1. The van der Waals surface area contributed by atoms with Gasteiger partial charge in [-0.2, -0.15) is 0 Å². The molecule has 1 fully saturated rings. The zero-order valence-corrected chi connectivity index (χ0v) is 12.6. The van der Waals surface area contributed by atoms with E-state index in [-0.39, 0.29) is 12.1 Å². The molecule has 3 unspecified atom stereocenters. The standard InChI is InChI=1S/C14H30N2O2/c1-11(2)15-14(4,10-17)8-12(3)16-7-6-13(9-16)18-5/h11-13,15,17H,6-10H2,1-5H3. The van der Waals surface area contributed by atoms with E-state index >= 15 is 0 Å². The molecule has 1 saturated heterocycles. The molecule has 0 aromatic rings. The van der Waals surface area contributed by atoms with E-state index in [1.165, 1.54) is 0 Å². The van der Waals surface area contributed by atoms with E-state index in [2.05, 4.69) is 37.9 Å². The van der Waals surface area contributed by atoms with Gasteiger partial charge < -0.3 is 15.2 Å². The first-order valence-corrected chi connectivity index (χ1v) is 7.05. The Morgan fingerprint density at radius 2 is 2.11 bits per heavy atom. The van der Waals surface area contributed by atoms with E-state index < -0.39 is 0 Å². The van der Waals surface area contributed by atoms with Crippen LogP contribution in [0.15, 0.2) is 0 Å². The van der Waals surface area contributed by atoms with E-state index in [0.29, 0.717) is 18.2 Å². The third-order valence-corrected chi connectivity index (χ3v) is 3.87. The molecule has 0 radical (unpaired) electrons. The molecule has 1 rings (SSSR count). The van der Waals surface area contributed by atoms with Gasteiger partial charge in [-0.05, 0) is 26.7 Å². The van der Waals surface area contributed by atoms with Crippen LogP contribution in [-0.2, 0) is 4.74 Å². The fourth-order valence-corrected chi connectivity index (χ4v) is 2.99. The Morgan fingerprint density at radius 3 is 2.56 bits per heavy atom. The summed E-state index contributed by atoms with van der Waals surface area (Å²) in [5.74, 6) is 0. The van der Waals surface area contributed by atoms with Gasteiger partial charge in [0.25, 0.3) is 0 Å². The molecular formula is C14H30N2O2. The largest absolute Gasteiger partial charge is 0.394 e. The quantitative estimate of drug-likeness (QED) is 0.721. The highest BCUT2D eigenvalue weighted by molar-refractivity contribution is 4.90. The molecular weight excluding hydrogens is 228 g/mol. The lowest BCUT2D eigenvalue weighted by atomic mass is 9.93. The van der Waals surface area contributed by atoms with E-state index in [9.17, 15) is 5.11 Å². The van der Waals surface area contributed by atoms with Gasteiger partial charge in [0.2, 0.25) is 0 Å². The fraction of sp³-hybridized carbons (Fsp3) is 1.00. The van der Waals surface area contributed by atoms with Crippen LogP contribution in [0.2, 0.25) is 0 Å². The first kappa shape index (κ1) is 15.9. The predicted octanol–water partition coefficient (Wildman–Crippen LogP) is 1.23. The molecule has 0 spiro atoms. The molecule has 0 aliphatic carbocycles. The number of hydrogen-bond donors (Lipinski definition) is 2. The molecule has 0 aromatic carbocycles. The zero-order valence-electron chi connectivity index (χ0n) is 12.6. The SMILES string of the molecule is COC1CCN(C(C)CC(C)(CO)NC(C)C)C1. The van der Waals surface area contributed by atoms with Crippen LogP contribution in [0.3, 0.4) is 0 Å². The number of hydrogen-bond acceptors (Lipinski definition) is 4. The lowest BCUT2D eigenvalue weighted by Crippen LogP contribution is -2.52. The van der Waals surface area contributed by atoms with E-state index in [1.54, 1.807) is 7.11 Å². The highest BCUT2D eigenvalue weighted by Crippen LogP contribution is 2.21. The van der Waals surface area contributed by atoms with E-state index in [1.807, 2.05) is 0 Å². The van der Waals surface area contributed by atoms with Crippen molar-refractivity contribution in [2.75, 3.05) is 26.8 Å². The van der Waals surface area contributed by atoms with Gasteiger partial charge in [0.15, 0.2) is 0 Å². The minimum Gasteiger partial charge on any atom is -0.394 e. The van der Waals surface area contributed by atoms with E-state index in [0.717, 1.165) is 25.9 Å². The topological polar surface area (TPSA) is 44.7 Å². The molecule has 18 heavy (non-hydrogen) atoms. The van der Waals surface area contributed by atoms with Crippen molar-refractivity contribution < 1.29 is 9.84 Å². The number of ether oxygens (including phenoxy) is 1. The maximum atomic E-state index is 9.62. The van der Waals surface area contributed by atoms with Gasteiger partial charge >= 0.3 is 0 Å². The summed E-state index contributed by atoms with van der Waals surface area (Å²) in [5, 5.41) is 13.1. The van der Waals surface area contributed by atoms with Crippen molar-refractivity contribution in [3.63, 3.8) is 0 Å². The van der Waals surface area contributed by atoms with Crippen LogP contribution in [0, 0.1) is 0 Å². The van der Waals surface area contributed by atoms with Crippen molar-refractivity contribution in [1.29, 1.82) is 0 Å². The minimum atomic E-state index is -0.196. The molecule has 2 N–H and O–H groups in total. The Hall–Kier alpha value is -0.160. The molecule has 1 aliphatic heterocycles.